The zero-order chi connectivity index (χ0) is 16.9. The summed E-state index contributed by atoms with van der Waals surface area (Å²) >= 11 is 6.08. The summed E-state index contributed by atoms with van der Waals surface area (Å²) in [5.74, 6) is -0.178. The first kappa shape index (κ1) is 16.5. The average molecular weight is 344 g/mol. The van der Waals surface area contributed by atoms with Crippen molar-refractivity contribution in [2.45, 2.75) is 18.9 Å². The number of halogens is 1. The Labute approximate surface area is 145 Å². The summed E-state index contributed by atoms with van der Waals surface area (Å²) in [6, 6.07) is 12.5. The Bertz CT molecular complexity index is 736. The van der Waals surface area contributed by atoms with Crippen LogP contribution in [0.25, 0.3) is 0 Å². The van der Waals surface area contributed by atoms with Crippen LogP contribution in [0.4, 0.5) is 0 Å². The van der Waals surface area contributed by atoms with E-state index in [0.29, 0.717) is 18.0 Å². The largest absolute Gasteiger partial charge is 0.342 e. The Morgan fingerprint density at radius 2 is 2.17 bits per heavy atom. The smallest absolute Gasteiger partial charge is 0.240 e. The Hall–Kier alpha value is -2.40. The maximum atomic E-state index is 12.4. The first-order valence-corrected chi connectivity index (χ1v) is 8.25. The molecule has 1 aliphatic heterocycles. The molecule has 0 radical (unpaired) electrons. The maximum absolute atomic E-state index is 12.4. The molecule has 1 atom stereocenters. The van der Waals surface area contributed by atoms with E-state index in [1.165, 1.54) is 0 Å². The molecular formula is C18H18ClN3O2. The third kappa shape index (κ3) is 3.92. The van der Waals surface area contributed by atoms with Gasteiger partial charge in [0.25, 0.3) is 0 Å². The van der Waals surface area contributed by atoms with E-state index in [9.17, 15) is 9.59 Å². The number of nitrogens with zero attached hydrogens (tertiary/aromatic N) is 2. The van der Waals surface area contributed by atoms with Gasteiger partial charge in [0.15, 0.2) is 0 Å². The van der Waals surface area contributed by atoms with Crippen LogP contribution in [-0.4, -0.2) is 34.8 Å². The number of carbonyl (C=O) groups is 2. The number of likely N-dealkylation sites (tertiary alicyclic amines) is 1. The molecule has 0 bridgehead atoms. The molecule has 1 unspecified atom stereocenters. The average Bonchev–Trinajstić information content (AvgIpc) is 2.98. The minimum atomic E-state index is -0.407. The quantitative estimate of drug-likeness (QED) is 0.907. The molecule has 3 rings (SSSR count). The molecule has 0 spiro atoms. The highest BCUT2D eigenvalue weighted by Gasteiger charge is 2.24. The van der Waals surface area contributed by atoms with E-state index < -0.39 is 6.04 Å². The van der Waals surface area contributed by atoms with Crippen molar-refractivity contribution in [3.05, 3.63) is 64.9 Å². The highest BCUT2D eigenvalue weighted by atomic mass is 35.5. The molecule has 1 aliphatic rings. The molecule has 2 aromatic rings. The van der Waals surface area contributed by atoms with Crippen molar-refractivity contribution in [2.24, 2.45) is 0 Å². The summed E-state index contributed by atoms with van der Waals surface area (Å²) in [6.07, 6.45) is 3.01. The van der Waals surface area contributed by atoms with Crippen molar-refractivity contribution in [2.75, 3.05) is 13.1 Å². The molecule has 1 aromatic carbocycles. The van der Waals surface area contributed by atoms with Crippen molar-refractivity contribution < 1.29 is 9.59 Å². The van der Waals surface area contributed by atoms with Crippen LogP contribution in [0.15, 0.2) is 48.7 Å². The van der Waals surface area contributed by atoms with Gasteiger partial charge in [-0.2, -0.15) is 0 Å². The first-order chi connectivity index (χ1) is 11.6. The van der Waals surface area contributed by atoms with E-state index in [0.717, 1.165) is 17.7 Å². The van der Waals surface area contributed by atoms with Crippen molar-refractivity contribution >= 4 is 23.4 Å². The van der Waals surface area contributed by atoms with E-state index in [-0.39, 0.29) is 18.4 Å². The predicted molar refractivity (Wildman–Crippen MR) is 91.5 cm³/mol. The zero-order valence-corrected chi connectivity index (χ0v) is 13.9. The Morgan fingerprint density at radius 1 is 1.29 bits per heavy atom. The molecule has 24 heavy (non-hydrogen) atoms. The number of benzene rings is 1. The van der Waals surface area contributed by atoms with Crippen LogP contribution < -0.4 is 5.32 Å². The van der Waals surface area contributed by atoms with Gasteiger partial charge in [0, 0.05) is 24.2 Å². The first-order valence-electron chi connectivity index (χ1n) is 7.87. The molecule has 6 heteroatoms. The molecule has 0 saturated carbocycles. The Balaban J connectivity index is 1.80. The molecule has 1 N–H and O–H groups in total. The molecule has 1 fully saturated rings. The van der Waals surface area contributed by atoms with Gasteiger partial charge in [-0.05, 0) is 36.2 Å². The molecule has 2 amide bonds. The van der Waals surface area contributed by atoms with Gasteiger partial charge < -0.3 is 10.2 Å². The number of aromatic nitrogens is 1. The summed E-state index contributed by atoms with van der Waals surface area (Å²) in [5.41, 5.74) is 1.57. The summed E-state index contributed by atoms with van der Waals surface area (Å²) in [6.45, 7) is 0.709. The number of rotatable bonds is 5. The van der Waals surface area contributed by atoms with E-state index >= 15 is 0 Å². The van der Waals surface area contributed by atoms with Crippen molar-refractivity contribution in [1.82, 2.24) is 15.2 Å². The van der Waals surface area contributed by atoms with Crippen molar-refractivity contribution in [3.63, 3.8) is 0 Å². The molecule has 1 saturated heterocycles. The van der Waals surface area contributed by atoms with Crippen LogP contribution >= 0.6 is 11.6 Å². The number of carbonyl (C=O) groups excluding carboxylic acids is 2. The topological polar surface area (TPSA) is 62.3 Å². The standard InChI is InChI=1S/C18H18ClN3O2/c19-14-6-3-5-13(11-14)18(15-7-1-2-9-20-15)21-16(23)12-22-10-4-8-17(22)24/h1-3,5-7,9,11,18H,4,8,10,12H2,(H,21,23). The SMILES string of the molecule is O=C(CN1CCCC1=O)NC(c1cccc(Cl)c1)c1ccccn1. The second-order valence-corrected chi connectivity index (χ2v) is 6.17. The molecule has 5 nitrogen and oxygen atoms in total. The number of hydrogen-bond donors (Lipinski definition) is 1. The summed E-state index contributed by atoms with van der Waals surface area (Å²) in [5, 5.41) is 3.57. The van der Waals surface area contributed by atoms with E-state index in [1.54, 1.807) is 17.2 Å². The van der Waals surface area contributed by atoms with Gasteiger partial charge in [-0.25, -0.2) is 0 Å². The Morgan fingerprint density at radius 3 is 2.83 bits per heavy atom. The van der Waals surface area contributed by atoms with Crippen molar-refractivity contribution in [1.29, 1.82) is 0 Å². The molecule has 0 aliphatic carbocycles. The van der Waals surface area contributed by atoms with Crippen LogP contribution in [0.2, 0.25) is 5.02 Å². The molecule has 2 heterocycles. The highest BCUT2D eigenvalue weighted by molar-refractivity contribution is 6.30. The second kappa shape index (κ2) is 7.45. The van der Waals surface area contributed by atoms with Gasteiger partial charge >= 0.3 is 0 Å². The lowest BCUT2D eigenvalue weighted by atomic mass is 10.0. The van der Waals surface area contributed by atoms with Crippen molar-refractivity contribution in [3.8, 4) is 0 Å². The predicted octanol–water partition coefficient (Wildman–Crippen LogP) is 2.56. The fourth-order valence-electron chi connectivity index (χ4n) is 2.81. The van der Waals surface area contributed by atoms with Gasteiger partial charge in [-0.1, -0.05) is 29.8 Å². The molecule has 1 aromatic heterocycles. The Kier molecular flexibility index (Phi) is 5.11. The maximum Gasteiger partial charge on any atom is 0.240 e. The summed E-state index contributed by atoms with van der Waals surface area (Å²) in [7, 11) is 0. The lowest BCUT2D eigenvalue weighted by Gasteiger charge is -2.21. The minimum Gasteiger partial charge on any atom is -0.342 e. The van der Waals surface area contributed by atoms with Crippen LogP contribution in [0, 0.1) is 0 Å². The van der Waals surface area contributed by atoms with Gasteiger partial charge in [0.1, 0.15) is 0 Å². The van der Waals surface area contributed by atoms with E-state index in [2.05, 4.69) is 10.3 Å². The van der Waals surface area contributed by atoms with Crippen LogP contribution in [0.5, 0.6) is 0 Å². The van der Waals surface area contributed by atoms with E-state index in [4.69, 9.17) is 11.6 Å². The summed E-state index contributed by atoms with van der Waals surface area (Å²) < 4.78 is 0. The number of nitrogens with one attached hydrogen (secondary N) is 1. The van der Waals surface area contributed by atoms with Gasteiger partial charge in [-0.3, -0.25) is 14.6 Å². The van der Waals surface area contributed by atoms with Crippen LogP contribution in [0.1, 0.15) is 30.1 Å². The van der Waals surface area contributed by atoms with Crippen LogP contribution in [-0.2, 0) is 9.59 Å². The number of pyridine rings is 1. The third-order valence-electron chi connectivity index (χ3n) is 3.98. The van der Waals surface area contributed by atoms with Crippen LogP contribution in [0.3, 0.4) is 0 Å². The van der Waals surface area contributed by atoms with E-state index in [1.807, 2.05) is 36.4 Å². The zero-order valence-electron chi connectivity index (χ0n) is 13.1. The minimum absolute atomic E-state index is 0.0299. The second-order valence-electron chi connectivity index (χ2n) is 5.73. The van der Waals surface area contributed by atoms with Gasteiger partial charge in [-0.15, -0.1) is 0 Å². The fourth-order valence-corrected chi connectivity index (χ4v) is 3.01. The van der Waals surface area contributed by atoms with Gasteiger partial charge in [0.2, 0.25) is 11.8 Å². The summed E-state index contributed by atoms with van der Waals surface area (Å²) in [4.78, 5) is 30.0. The molecule has 124 valence electrons. The number of amides is 2. The van der Waals surface area contributed by atoms with Gasteiger partial charge in [0.05, 0.1) is 18.3 Å². The lowest BCUT2D eigenvalue weighted by molar-refractivity contribution is -0.133. The number of hydrogen-bond acceptors (Lipinski definition) is 3. The fraction of sp³-hybridized carbons (Fsp3) is 0.278. The highest BCUT2D eigenvalue weighted by Crippen LogP contribution is 2.23. The lowest BCUT2D eigenvalue weighted by Crippen LogP contribution is -2.39. The normalized spacial score (nSPS) is 15.4. The molecular weight excluding hydrogens is 326 g/mol. The third-order valence-corrected chi connectivity index (χ3v) is 4.21. The monoisotopic (exact) mass is 343 g/mol.